The van der Waals surface area contributed by atoms with Crippen LogP contribution in [0.5, 0.6) is 5.75 Å². The molecule has 0 spiro atoms. The van der Waals surface area contributed by atoms with Crippen molar-refractivity contribution in [3.05, 3.63) is 6.33 Å². The summed E-state index contributed by atoms with van der Waals surface area (Å²) in [6.45, 7) is 5.63. The van der Waals surface area contributed by atoms with Gasteiger partial charge in [0.2, 0.25) is 5.75 Å². The maximum Gasteiger partial charge on any atom is 0.205 e. The second kappa shape index (κ2) is 8.49. The molecule has 7 heteroatoms. The third-order valence-corrected chi connectivity index (χ3v) is 2.46. The molecule has 4 N–H and O–H groups in total. The molecule has 108 valence electrons. The van der Waals surface area contributed by atoms with Gasteiger partial charge in [0.1, 0.15) is 6.33 Å². The lowest BCUT2D eigenvalue weighted by molar-refractivity contribution is 0.0765. The summed E-state index contributed by atoms with van der Waals surface area (Å²) in [6.07, 6.45) is 3.71. The molecule has 0 unspecified atom stereocenters. The van der Waals surface area contributed by atoms with E-state index in [-0.39, 0.29) is 6.10 Å². The average Bonchev–Trinajstić information content (AvgIpc) is 2.41. The van der Waals surface area contributed by atoms with E-state index in [4.69, 9.17) is 15.3 Å². The van der Waals surface area contributed by atoms with E-state index in [2.05, 4.69) is 20.7 Å². The predicted octanol–water partition coefficient (Wildman–Crippen LogP) is 1.39. The molecule has 0 aliphatic heterocycles. The fraction of sp³-hybridized carbons (Fsp3) is 0.667. The van der Waals surface area contributed by atoms with Gasteiger partial charge in [-0.05, 0) is 26.7 Å². The Morgan fingerprint density at radius 3 is 2.63 bits per heavy atom. The van der Waals surface area contributed by atoms with Crippen LogP contribution >= 0.6 is 0 Å². The van der Waals surface area contributed by atoms with Gasteiger partial charge in [0, 0.05) is 13.2 Å². The van der Waals surface area contributed by atoms with Gasteiger partial charge in [-0.2, -0.15) is 0 Å². The number of unbranched alkanes of at least 4 members (excludes halogenated alkanes) is 1. The van der Waals surface area contributed by atoms with Crippen LogP contribution in [0, 0.1) is 0 Å². The van der Waals surface area contributed by atoms with E-state index in [0.717, 1.165) is 26.0 Å². The van der Waals surface area contributed by atoms with E-state index < -0.39 is 0 Å². The van der Waals surface area contributed by atoms with Crippen molar-refractivity contribution in [1.82, 2.24) is 9.97 Å². The van der Waals surface area contributed by atoms with Crippen molar-refractivity contribution in [3.63, 3.8) is 0 Å². The highest BCUT2D eigenvalue weighted by molar-refractivity contribution is 5.62. The van der Waals surface area contributed by atoms with Crippen molar-refractivity contribution >= 4 is 11.6 Å². The number of ether oxygens (including phenoxy) is 2. The first-order chi connectivity index (χ1) is 9.19. The first kappa shape index (κ1) is 15.5. The van der Waals surface area contributed by atoms with Crippen molar-refractivity contribution in [3.8, 4) is 5.75 Å². The zero-order valence-corrected chi connectivity index (χ0v) is 11.8. The van der Waals surface area contributed by atoms with E-state index >= 15 is 0 Å². The Balaban J connectivity index is 2.37. The van der Waals surface area contributed by atoms with Crippen LogP contribution in [-0.4, -0.2) is 36.3 Å². The van der Waals surface area contributed by atoms with Gasteiger partial charge in [-0.1, -0.05) is 0 Å². The van der Waals surface area contributed by atoms with Gasteiger partial charge in [-0.3, -0.25) is 0 Å². The van der Waals surface area contributed by atoms with Crippen molar-refractivity contribution < 1.29 is 9.47 Å². The molecule has 0 atom stereocenters. The third kappa shape index (κ3) is 5.27. The first-order valence-electron chi connectivity index (χ1n) is 6.40. The number of rotatable bonds is 9. The Morgan fingerprint density at radius 2 is 2.00 bits per heavy atom. The molecule has 1 aromatic rings. The SMILES string of the molecule is COc1c(NN)ncnc1NCCCCOC(C)C. The minimum absolute atomic E-state index is 0.285. The summed E-state index contributed by atoms with van der Waals surface area (Å²) in [5, 5.41) is 3.20. The molecular weight excluding hydrogens is 246 g/mol. The molecule has 1 aromatic heterocycles. The fourth-order valence-electron chi connectivity index (χ4n) is 1.55. The van der Waals surface area contributed by atoms with Gasteiger partial charge in [-0.15, -0.1) is 0 Å². The zero-order chi connectivity index (χ0) is 14.1. The van der Waals surface area contributed by atoms with E-state index in [0.29, 0.717) is 17.4 Å². The highest BCUT2D eigenvalue weighted by atomic mass is 16.5. The van der Waals surface area contributed by atoms with E-state index in [1.807, 2.05) is 13.8 Å². The highest BCUT2D eigenvalue weighted by Crippen LogP contribution is 2.27. The minimum Gasteiger partial charge on any atom is -0.490 e. The van der Waals surface area contributed by atoms with Crippen molar-refractivity contribution in [2.75, 3.05) is 31.0 Å². The molecule has 0 amide bonds. The molecule has 7 nitrogen and oxygen atoms in total. The molecular formula is C12H23N5O2. The van der Waals surface area contributed by atoms with Crippen molar-refractivity contribution in [1.29, 1.82) is 0 Å². The minimum atomic E-state index is 0.285. The summed E-state index contributed by atoms with van der Waals surface area (Å²) in [7, 11) is 1.56. The topological polar surface area (TPSA) is 94.3 Å². The van der Waals surface area contributed by atoms with Crippen LogP contribution in [-0.2, 0) is 4.74 Å². The number of nitrogens with two attached hydrogens (primary N) is 1. The van der Waals surface area contributed by atoms with Crippen molar-refractivity contribution in [2.24, 2.45) is 5.84 Å². The predicted molar refractivity (Wildman–Crippen MR) is 75.2 cm³/mol. The summed E-state index contributed by atoms with van der Waals surface area (Å²) < 4.78 is 10.7. The Kier molecular flexibility index (Phi) is 6.91. The second-order valence-corrected chi connectivity index (χ2v) is 4.30. The number of hydrogen-bond acceptors (Lipinski definition) is 7. The van der Waals surface area contributed by atoms with E-state index in [1.165, 1.54) is 6.33 Å². The Labute approximate surface area is 113 Å². The summed E-state index contributed by atoms with van der Waals surface area (Å²) in [6, 6.07) is 0. The molecule has 0 bridgehead atoms. The van der Waals surface area contributed by atoms with Crippen LogP contribution in [0.2, 0.25) is 0 Å². The third-order valence-electron chi connectivity index (χ3n) is 2.46. The quantitative estimate of drug-likeness (QED) is 0.354. The number of hydrogen-bond donors (Lipinski definition) is 3. The largest absolute Gasteiger partial charge is 0.490 e. The molecule has 0 fully saturated rings. The van der Waals surface area contributed by atoms with Crippen LogP contribution in [0.3, 0.4) is 0 Å². The lowest BCUT2D eigenvalue weighted by Gasteiger charge is -2.12. The van der Waals surface area contributed by atoms with Gasteiger partial charge < -0.3 is 20.2 Å². The number of hydrazine groups is 1. The molecule has 0 aliphatic carbocycles. The fourth-order valence-corrected chi connectivity index (χ4v) is 1.55. The van der Waals surface area contributed by atoms with Gasteiger partial charge in [-0.25, -0.2) is 15.8 Å². The monoisotopic (exact) mass is 269 g/mol. The molecule has 0 aliphatic rings. The van der Waals surface area contributed by atoms with Crippen LogP contribution in [0.25, 0.3) is 0 Å². The number of nitrogens with one attached hydrogen (secondary N) is 2. The molecule has 1 rings (SSSR count). The molecule has 0 saturated heterocycles. The second-order valence-electron chi connectivity index (χ2n) is 4.30. The van der Waals surface area contributed by atoms with E-state index in [1.54, 1.807) is 7.11 Å². The van der Waals surface area contributed by atoms with Crippen LogP contribution < -0.4 is 21.3 Å². The smallest absolute Gasteiger partial charge is 0.205 e. The van der Waals surface area contributed by atoms with Gasteiger partial charge in [0.25, 0.3) is 0 Å². The maximum atomic E-state index is 5.47. The number of aromatic nitrogens is 2. The number of nitrogens with zero attached hydrogens (tertiary/aromatic N) is 2. The Morgan fingerprint density at radius 1 is 1.26 bits per heavy atom. The normalized spacial score (nSPS) is 10.6. The van der Waals surface area contributed by atoms with Crippen molar-refractivity contribution in [2.45, 2.75) is 32.8 Å². The van der Waals surface area contributed by atoms with Crippen LogP contribution in [0.1, 0.15) is 26.7 Å². The Hall–Kier alpha value is -1.60. The maximum absolute atomic E-state index is 5.47. The Bertz CT molecular complexity index is 373. The molecule has 0 aromatic carbocycles. The van der Waals surface area contributed by atoms with Crippen LogP contribution in [0.15, 0.2) is 6.33 Å². The standard InChI is InChI=1S/C12H23N5O2/c1-9(2)19-7-5-4-6-14-11-10(18-3)12(17-13)16-8-15-11/h8-9H,4-7,13H2,1-3H3,(H2,14,15,16,17). The van der Waals surface area contributed by atoms with Gasteiger partial charge >= 0.3 is 0 Å². The molecule has 0 radical (unpaired) electrons. The van der Waals surface area contributed by atoms with Gasteiger partial charge in [0.15, 0.2) is 11.6 Å². The number of methoxy groups -OCH3 is 1. The lowest BCUT2D eigenvalue weighted by atomic mass is 10.3. The zero-order valence-electron chi connectivity index (χ0n) is 11.8. The van der Waals surface area contributed by atoms with E-state index in [9.17, 15) is 0 Å². The first-order valence-corrected chi connectivity index (χ1v) is 6.40. The summed E-state index contributed by atoms with van der Waals surface area (Å²) in [5.41, 5.74) is 2.47. The summed E-state index contributed by atoms with van der Waals surface area (Å²) in [5.74, 6) is 6.97. The van der Waals surface area contributed by atoms with Crippen LogP contribution in [0.4, 0.5) is 11.6 Å². The van der Waals surface area contributed by atoms with Gasteiger partial charge in [0.05, 0.1) is 13.2 Å². The highest BCUT2D eigenvalue weighted by Gasteiger charge is 2.10. The average molecular weight is 269 g/mol. The molecule has 19 heavy (non-hydrogen) atoms. The number of anilines is 2. The lowest BCUT2D eigenvalue weighted by Crippen LogP contribution is -2.13. The molecule has 1 heterocycles. The number of nitrogen functional groups attached to an aromatic ring is 1. The molecule has 0 saturated carbocycles. The summed E-state index contributed by atoms with van der Waals surface area (Å²) in [4.78, 5) is 8.10. The summed E-state index contributed by atoms with van der Waals surface area (Å²) >= 11 is 0.